The molecule has 0 radical (unpaired) electrons. The van der Waals surface area contributed by atoms with Gasteiger partial charge in [0, 0.05) is 0 Å². The molecule has 0 fully saturated rings. The van der Waals surface area contributed by atoms with E-state index in [1.54, 1.807) is 0 Å². The molecule has 0 saturated heterocycles. The van der Waals surface area contributed by atoms with Gasteiger partial charge in [0.05, 0.1) is 37.1 Å². The van der Waals surface area contributed by atoms with Crippen LogP contribution in [-0.2, 0) is 18.9 Å². The lowest BCUT2D eigenvalue weighted by Crippen LogP contribution is -2.47. The molecule has 4 heteroatoms. The molecule has 4 nitrogen and oxygen atoms in total. The summed E-state index contributed by atoms with van der Waals surface area (Å²) in [4.78, 5) is 0. The van der Waals surface area contributed by atoms with Crippen LogP contribution < -0.4 is 0 Å². The monoisotopic (exact) mass is 304 g/mol. The summed E-state index contributed by atoms with van der Waals surface area (Å²) in [6.45, 7) is 18.8. The highest BCUT2D eigenvalue weighted by atomic mass is 16.6. The smallest absolute Gasteiger partial charge is 0.112 e. The van der Waals surface area contributed by atoms with Crippen LogP contribution in [0.1, 0.15) is 62.3 Å². The van der Waals surface area contributed by atoms with Gasteiger partial charge in [-0.1, -0.05) is 0 Å². The first-order valence-electron chi connectivity index (χ1n) is 8.21. The largest absolute Gasteiger partial charge is 0.376 e. The van der Waals surface area contributed by atoms with Gasteiger partial charge in [-0.3, -0.25) is 0 Å². The molecule has 0 aliphatic rings. The third-order valence-corrected chi connectivity index (χ3v) is 2.79. The molecule has 0 aromatic carbocycles. The second-order valence-corrected chi connectivity index (χ2v) is 6.64. The van der Waals surface area contributed by atoms with Crippen molar-refractivity contribution in [3.63, 3.8) is 0 Å². The zero-order valence-electron chi connectivity index (χ0n) is 15.4. The average Bonchev–Trinajstić information content (AvgIpc) is 2.29. The summed E-state index contributed by atoms with van der Waals surface area (Å²) < 4.78 is 23.8. The zero-order valence-corrected chi connectivity index (χ0v) is 15.4. The van der Waals surface area contributed by atoms with Crippen LogP contribution in [0, 0.1) is 0 Å². The highest BCUT2D eigenvalue weighted by Gasteiger charge is 2.32. The van der Waals surface area contributed by atoms with Crippen molar-refractivity contribution in [2.24, 2.45) is 0 Å². The Hall–Kier alpha value is -0.160. The third-order valence-electron chi connectivity index (χ3n) is 2.79. The minimum atomic E-state index is -0.145. The van der Waals surface area contributed by atoms with E-state index in [9.17, 15) is 0 Å². The van der Waals surface area contributed by atoms with Gasteiger partial charge in [-0.05, 0) is 62.3 Å². The van der Waals surface area contributed by atoms with Crippen LogP contribution >= 0.6 is 0 Å². The van der Waals surface area contributed by atoms with Crippen molar-refractivity contribution >= 4 is 0 Å². The molecule has 0 N–H and O–H groups in total. The molecule has 0 rings (SSSR count). The number of hydrogen-bond donors (Lipinski definition) is 0. The maximum absolute atomic E-state index is 6.08. The molecule has 0 bridgehead atoms. The SMILES string of the molecule is CC(C)OCC(OC(C)C)C(OC(C)C)C(C)OC(C)C. The van der Waals surface area contributed by atoms with E-state index < -0.39 is 0 Å². The van der Waals surface area contributed by atoms with Gasteiger partial charge in [0.25, 0.3) is 0 Å². The fraction of sp³-hybridized carbons (Fsp3) is 1.00. The van der Waals surface area contributed by atoms with Crippen LogP contribution in [0.15, 0.2) is 0 Å². The first-order chi connectivity index (χ1) is 9.63. The second kappa shape index (κ2) is 10.5. The summed E-state index contributed by atoms with van der Waals surface area (Å²) >= 11 is 0. The van der Waals surface area contributed by atoms with Crippen LogP contribution in [0.2, 0.25) is 0 Å². The van der Waals surface area contributed by atoms with E-state index in [0.29, 0.717) is 6.61 Å². The highest BCUT2D eigenvalue weighted by Crippen LogP contribution is 2.18. The molecule has 3 atom stereocenters. The van der Waals surface area contributed by atoms with E-state index in [-0.39, 0.29) is 42.7 Å². The predicted octanol–water partition coefficient (Wildman–Crippen LogP) is 3.81. The Morgan fingerprint density at radius 1 is 0.571 bits per heavy atom. The lowest BCUT2D eigenvalue weighted by Gasteiger charge is -2.35. The van der Waals surface area contributed by atoms with Gasteiger partial charge < -0.3 is 18.9 Å². The third kappa shape index (κ3) is 10.2. The van der Waals surface area contributed by atoms with Gasteiger partial charge in [-0.25, -0.2) is 0 Å². The van der Waals surface area contributed by atoms with Crippen molar-refractivity contribution in [1.82, 2.24) is 0 Å². The fourth-order valence-electron chi connectivity index (χ4n) is 2.17. The summed E-state index contributed by atoms with van der Waals surface area (Å²) in [6, 6.07) is 0. The summed E-state index contributed by atoms with van der Waals surface area (Å²) in [7, 11) is 0. The second-order valence-electron chi connectivity index (χ2n) is 6.64. The van der Waals surface area contributed by atoms with Crippen LogP contribution in [0.3, 0.4) is 0 Å². The Balaban J connectivity index is 4.95. The number of hydrogen-bond acceptors (Lipinski definition) is 4. The molecule has 0 aromatic heterocycles. The quantitative estimate of drug-likeness (QED) is 0.581. The Morgan fingerprint density at radius 2 is 1.05 bits per heavy atom. The maximum Gasteiger partial charge on any atom is 0.112 e. The number of ether oxygens (including phenoxy) is 4. The lowest BCUT2D eigenvalue weighted by molar-refractivity contribution is -0.184. The molecule has 0 heterocycles. The summed E-state index contributed by atoms with van der Waals surface area (Å²) in [5, 5.41) is 0. The van der Waals surface area contributed by atoms with E-state index in [1.807, 2.05) is 62.3 Å². The Morgan fingerprint density at radius 3 is 1.43 bits per heavy atom. The van der Waals surface area contributed by atoms with Gasteiger partial charge in [0.15, 0.2) is 0 Å². The van der Waals surface area contributed by atoms with Crippen LogP contribution in [0.4, 0.5) is 0 Å². The van der Waals surface area contributed by atoms with E-state index in [4.69, 9.17) is 18.9 Å². The van der Waals surface area contributed by atoms with E-state index in [1.165, 1.54) is 0 Å². The molecule has 0 aliphatic carbocycles. The molecule has 3 unspecified atom stereocenters. The number of rotatable bonds is 11. The highest BCUT2D eigenvalue weighted by molar-refractivity contribution is 4.79. The Labute approximate surface area is 131 Å². The molecular weight excluding hydrogens is 268 g/mol. The van der Waals surface area contributed by atoms with Gasteiger partial charge in [-0.15, -0.1) is 0 Å². The molecule has 0 saturated carbocycles. The van der Waals surface area contributed by atoms with Gasteiger partial charge in [-0.2, -0.15) is 0 Å². The molecular formula is C17H36O4. The average molecular weight is 304 g/mol. The molecule has 128 valence electrons. The molecule has 0 amide bonds. The van der Waals surface area contributed by atoms with Crippen molar-refractivity contribution in [1.29, 1.82) is 0 Å². The van der Waals surface area contributed by atoms with Crippen LogP contribution in [0.5, 0.6) is 0 Å². The minimum absolute atomic E-state index is 0.0492. The molecule has 21 heavy (non-hydrogen) atoms. The summed E-state index contributed by atoms with van der Waals surface area (Å²) in [6.07, 6.45) is 0.234. The van der Waals surface area contributed by atoms with E-state index in [0.717, 1.165) is 0 Å². The Kier molecular flexibility index (Phi) is 10.5. The fourth-order valence-corrected chi connectivity index (χ4v) is 2.17. The zero-order chi connectivity index (χ0) is 16.6. The summed E-state index contributed by atoms with van der Waals surface area (Å²) in [5.74, 6) is 0. The van der Waals surface area contributed by atoms with E-state index in [2.05, 4.69) is 0 Å². The van der Waals surface area contributed by atoms with Crippen molar-refractivity contribution in [3.05, 3.63) is 0 Å². The summed E-state index contributed by atoms with van der Waals surface area (Å²) in [5.41, 5.74) is 0. The maximum atomic E-state index is 6.08. The van der Waals surface area contributed by atoms with Crippen LogP contribution in [-0.4, -0.2) is 49.3 Å². The van der Waals surface area contributed by atoms with Crippen LogP contribution in [0.25, 0.3) is 0 Å². The lowest BCUT2D eigenvalue weighted by atomic mass is 10.1. The molecule has 0 aromatic rings. The first-order valence-corrected chi connectivity index (χ1v) is 8.21. The molecule has 0 spiro atoms. The normalized spacial score (nSPS) is 17.0. The van der Waals surface area contributed by atoms with Gasteiger partial charge >= 0.3 is 0 Å². The minimum Gasteiger partial charge on any atom is -0.376 e. The standard InChI is InChI=1S/C17H36O4/c1-11(2)18-10-16(20-13(5)6)17(21-14(7)8)15(9)19-12(3)4/h11-17H,10H2,1-9H3. The van der Waals surface area contributed by atoms with Crippen molar-refractivity contribution < 1.29 is 18.9 Å². The molecule has 0 aliphatic heterocycles. The predicted molar refractivity (Wildman–Crippen MR) is 86.8 cm³/mol. The van der Waals surface area contributed by atoms with E-state index >= 15 is 0 Å². The van der Waals surface area contributed by atoms with Crippen molar-refractivity contribution in [2.45, 2.75) is 105 Å². The first kappa shape index (κ1) is 20.8. The van der Waals surface area contributed by atoms with Gasteiger partial charge in [0.2, 0.25) is 0 Å². The van der Waals surface area contributed by atoms with Crippen molar-refractivity contribution in [3.8, 4) is 0 Å². The van der Waals surface area contributed by atoms with Crippen molar-refractivity contribution in [2.75, 3.05) is 6.61 Å². The Bertz CT molecular complexity index is 251. The van der Waals surface area contributed by atoms with Gasteiger partial charge in [0.1, 0.15) is 12.2 Å². The topological polar surface area (TPSA) is 36.9 Å².